The van der Waals surface area contributed by atoms with Crippen molar-refractivity contribution in [3.63, 3.8) is 0 Å². The van der Waals surface area contributed by atoms with E-state index in [0.717, 1.165) is 35.6 Å². The van der Waals surface area contributed by atoms with Crippen molar-refractivity contribution in [3.8, 4) is 0 Å². The molecule has 0 aromatic heterocycles. The SMILES string of the molecule is CC1C2CC3(c4ccccc4)CC1C(C(=S)N=CC1CCC(N)CC1)(C2)C3. The smallest absolute Gasteiger partial charge is 0.109 e. The quantitative estimate of drug-likeness (QED) is 0.571. The summed E-state index contributed by atoms with van der Waals surface area (Å²) in [5, 5.41) is 0. The van der Waals surface area contributed by atoms with Gasteiger partial charge in [0.15, 0.2) is 0 Å². The number of thiocarbonyl (C=S) groups is 1. The number of rotatable bonds is 3. The van der Waals surface area contributed by atoms with E-state index in [1.165, 1.54) is 38.5 Å². The predicted molar refractivity (Wildman–Crippen MR) is 116 cm³/mol. The Morgan fingerprint density at radius 1 is 1.11 bits per heavy atom. The largest absolute Gasteiger partial charge is 0.328 e. The van der Waals surface area contributed by atoms with E-state index in [9.17, 15) is 0 Å². The van der Waals surface area contributed by atoms with Crippen LogP contribution in [-0.2, 0) is 5.41 Å². The van der Waals surface area contributed by atoms with Crippen LogP contribution >= 0.6 is 12.2 Å². The summed E-state index contributed by atoms with van der Waals surface area (Å²) >= 11 is 6.04. The average Bonchev–Trinajstić information content (AvgIpc) is 3.06. The first kappa shape index (κ1) is 18.0. The molecule has 5 aliphatic carbocycles. The standard InChI is InChI=1S/C24H32N2S/c1-16-18-11-23(19-5-3-2-4-6-19)13-21(16)24(12-18,15-23)22(27)26-14-17-7-9-20(25)10-8-17/h2-6,14,16-18,20-21H,7-13,15,25H2,1H3. The van der Waals surface area contributed by atoms with E-state index in [1.54, 1.807) is 5.56 Å². The van der Waals surface area contributed by atoms with Crippen molar-refractivity contribution < 1.29 is 0 Å². The van der Waals surface area contributed by atoms with Gasteiger partial charge in [0.05, 0.1) is 0 Å². The van der Waals surface area contributed by atoms with Crippen molar-refractivity contribution in [1.82, 2.24) is 0 Å². The topological polar surface area (TPSA) is 38.4 Å². The van der Waals surface area contributed by atoms with Crippen LogP contribution in [0.1, 0.15) is 63.9 Å². The van der Waals surface area contributed by atoms with Crippen LogP contribution in [0.2, 0.25) is 0 Å². The van der Waals surface area contributed by atoms with Gasteiger partial charge < -0.3 is 5.73 Å². The molecule has 2 N–H and O–H groups in total. The minimum Gasteiger partial charge on any atom is -0.328 e. The van der Waals surface area contributed by atoms with Gasteiger partial charge in [0.25, 0.3) is 0 Å². The summed E-state index contributed by atoms with van der Waals surface area (Å²) in [4.78, 5) is 5.99. The fraction of sp³-hybridized carbons (Fsp3) is 0.667. The van der Waals surface area contributed by atoms with Crippen LogP contribution < -0.4 is 5.73 Å². The fourth-order valence-corrected chi connectivity index (χ4v) is 7.65. The Labute approximate surface area is 169 Å². The van der Waals surface area contributed by atoms with Gasteiger partial charge in [0.1, 0.15) is 4.99 Å². The molecule has 144 valence electrons. The van der Waals surface area contributed by atoms with Gasteiger partial charge in [-0.25, -0.2) is 0 Å². The van der Waals surface area contributed by atoms with Gasteiger partial charge in [0, 0.05) is 17.7 Å². The highest BCUT2D eigenvalue weighted by atomic mass is 32.1. The third-order valence-electron chi connectivity index (χ3n) is 8.66. The van der Waals surface area contributed by atoms with Gasteiger partial charge in [-0.3, -0.25) is 4.99 Å². The summed E-state index contributed by atoms with van der Waals surface area (Å²) in [7, 11) is 0. The predicted octanol–water partition coefficient (Wildman–Crippen LogP) is 5.30. The van der Waals surface area contributed by atoms with Crippen LogP contribution in [0.4, 0.5) is 0 Å². The molecule has 5 unspecified atom stereocenters. The molecule has 0 aliphatic heterocycles. The molecule has 0 heterocycles. The van der Waals surface area contributed by atoms with E-state index >= 15 is 0 Å². The zero-order valence-corrected chi connectivity index (χ0v) is 17.3. The van der Waals surface area contributed by atoms with Crippen molar-refractivity contribution in [3.05, 3.63) is 35.9 Å². The molecule has 4 bridgehead atoms. The van der Waals surface area contributed by atoms with Gasteiger partial charge in [0.2, 0.25) is 0 Å². The molecular formula is C24H32N2S. The summed E-state index contributed by atoms with van der Waals surface area (Å²) in [5.41, 5.74) is 8.12. The van der Waals surface area contributed by atoms with Crippen LogP contribution in [0.25, 0.3) is 0 Å². The zero-order chi connectivity index (χ0) is 18.6. The van der Waals surface area contributed by atoms with E-state index in [-0.39, 0.29) is 5.41 Å². The number of hydrogen-bond acceptors (Lipinski definition) is 2. The minimum atomic E-state index is 0.176. The van der Waals surface area contributed by atoms with Crippen molar-refractivity contribution in [2.24, 2.45) is 39.8 Å². The Hall–Kier alpha value is -1.06. The maximum Gasteiger partial charge on any atom is 0.109 e. The molecule has 5 aliphatic rings. The highest BCUT2D eigenvalue weighted by Gasteiger charge is 2.68. The van der Waals surface area contributed by atoms with E-state index < -0.39 is 0 Å². The molecule has 27 heavy (non-hydrogen) atoms. The molecule has 5 saturated carbocycles. The first-order valence-electron chi connectivity index (χ1n) is 10.9. The molecule has 2 nitrogen and oxygen atoms in total. The molecule has 0 radical (unpaired) electrons. The Bertz CT molecular complexity index is 751. The van der Waals surface area contributed by atoms with Crippen molar-refractivity contribution in [2.75, 3.05) is 0 Å². The van der Waals surface area contributed by atoms with Gasteiger partial charge in [-0.1, -0.05) is 49.5 Å². The van der Waals surface area contributed by atoms with Gasteiger partial charge in [-0.15, -0.1) is 0 Å². The molecule has 0 saturated heterocycles. The van der Waals surface area contributed by atoms with Gasteiger partial charge >= 0.3 is 0 Å². The summed E-state index contributed by atoms with van der Waals surface area (Å²) < 4.78 is 0. The second-order valence-electron chi connectivity index (χ2n) is 10.1. The van der Waals surface area contributed by atoms with Crippen LogP contribution in [0, 0.1) is 29.1 Å². The highest BCUT2D eigenvalue weighted by molar-refractivity contribution is 7.80. The molecule has 3 heteroatoms. The van der Waals surface area contributed by atoms with Crippen LogP contribution in [0.5, 0.6) is 0 Å². The summed E-state index contributed by atoms with van der Waals surface area (Å²) in [6.07, 6.45) is 12.0. The second-order valence-corrected chi connectivity index (χ2v) is 10.5. The Balaban J connectivity index is 1.40. The van der Waals surface area contributed by atoms with Crippen LogP contribution in [-0.4, -0.2) is 17.2 Å². The highest BCUT2D eigenvalue weighted by Crippen LogP contribution is 2.73. The van der Waals surface area contributed by atoms with Crippen molar-refractivity contribution in [2.45, 2.75) is 69.7 Å². The van der Waals surface area contributed by atoms with Crippen molar-refractivity contribution >= 4 is 23.4 Å². The van der Waals surface area contributed by atoms with E-state index in [2.05, 4.69) is 43.5 Å². The normalized spacial score (nSPS) is 45.6. The number of nitrogens with two attached hydrogens (primary N) is 1. The molecule has 0 spiro atoms. The lowest BCUT2D eigenvalue weighted by molar-refractivity contribution is 0.174. The molecule has 6 rings (SSSR count). The zero-order valence-electron chi connectivity index (χ0n) is 16.4. The Kier molecular flexibility index (Phi) is 4.32. The first-order chi connectivity index (χ1) is 13.0. The first-order valence-corrected chi connectivity index (χ1v) is 11.3. The van der Waals surface area contributed by atoms with Crippen LogP contribution in [0.15, 0.2) is 35.3 Å². The third-order valence-corrected chi connectivity index (χ3v) is 9.18. The summed E-state index contributed by atoms with van der Waals surface area (Å²) in [6, 6.07) is 11.6. The number of aliphatic imine (C=N–C) groups is 1. The second kappa shape index (κ2) is 6.49. The number of nitrogens with zero attached hydrogens (tertiary/aromatic N) is 1. The van der Waals surface area contributed by atoms with Crippen molar-refractivity contribution in [1.29, 1.82) is 0 Å². The average molecular weight is 381 g/mol. The molecule has 1 aromatic rings. The Morgan fingerprint density at radius 3 is 2.59 bits per heavy atom. The maximum absolute atomic E-state index is 6.06. The number of hydrogen-bond donors (Lipinski definition) is 1. The lowest BCUT2D eigenvalue weighted by Gasteiger charge is -2.42. The Morgan fingerprint density at radius 2 is 1.85 bits per heavy atom. The lowest BCUT2D eigenvalue weighted by atomic mass is 9.62. The van der Waals surface area contributed by atoms with Crippen LogP contribution in [0.3, 0.4) is 0 Å². The maximum atomic E-state index is 6.06. The third kappa shape index (κ3) is 2.76. The van der Waals surface area contributed by atoms with E-state index in [1.807, 2.05) is 0 Å². The monoisotopic (exact) mass is 380 g/mol. The van der Waals surface area contributed by atoms with Gasteiger partial charge in [-0.2, -0.15) is 0 Å². The summed E-state index contributed by atoms with van der Waals surface area (Å²) in [5.74, 6) is 2.92. The molecule has 1 aromatic carbocycles. The molecular weight excluding hydrogens is 348 g/mol. The molecule has 0 amide bonds. The van der Waals surface area contributed by atoms with E-state index in [0.29, 0.717) is 17.4 Å². The van der Waals surface area contributed by atoms with E-state index in [4.69, 9.17) is 22.9 Å². The minimum absolute atomic E-state index is 0.176. The van der Waals surface area contributed by atoms with Gasteiger partial charge in [-0.05, 0) is 86.0 Å². The summed E-state index contributed by atoms with van der Waals surface area (Å²) in [6.45, 7) is 2.48. The fourth-order valence-electron chi connectivity index (χ4n) is 7.28. The molecule has 5 fully saturated rings. The molecule has 5 atom stereocenters. The lowest BCUT2D eigenvalue weighted by Crippen LogP contribution is -2.37. The number of benzene rings is 1.